The normalized spacial score (nSPS) is 31.8. The second-order valence-electron chi connectivity index (χ2n) is 5.94. The summed E-state index contributed by atoms with van der Waals surface area (Å²) in [7, 11) is 0. The summed E-state index contributed by atoms with van der Waals surface area (Å²) in [6, 6.07) is 7.13. The molecule has 0 aromatic heterocycles. The second kappa shape index (κ2) is 4.95. The van der Waals surface area contributed by atoms with Crippen LogP contribution in [0.4, 0.5) is 0 Å². The lowest BCUT2D eigenvalue weighted by Gasteiger charge is -2.18. The lowest BCUT2D eigenvalue weighted by molar-refractivity contribution is 0.298. The molecule has 0 amide bonds. The Labute approximate surface area is 118 Å². The van der Waals surface area contributed by atoms with Gasteiger partial charge < -0.3 is 5.73 Å². The quantitative estimate of drug-likeness (QED) is 0.910. The minimum Gasteiger partial charge on any atom is -0.327 e. The van der Waals surface area contributed by atoms with Crippen molar-refractivity contribution < 1.29 is 0 Å². The summed E-state index contributed by atoms with van der Waals surface area (Å²) >= 11 is 3.56. The molecular formula is C15H21BrN2. The zero-order valence-corrected chi connectivity index (χ0v) is 12.5. The smallest absolute Gasteiger partial charge is 0.0234 e. The molecule has 2 aliphatic rings. The lowest BCUT2D eigenvalue weighted by Crippen LogP contribution is -2.30. The van der Waals surface area contributed by atoms with Gasteiger partial charge in [-0.05, 0) is 48.8 Å². The number of rotatable bonds is 2. The molecule has 2 nitrogen and oxygen atoms in total. The van der Waals surface area contributed by atoms with Crippen molar-refractivity contribution >= 4 is 15.9 Å². The highest BCUT2D eigenvalue weighted by Crippen LogP contribution is 2.37. The number of nitrogens with zero attached hydrogens (tertiary/aromatic N) is 1. The summed E-state index contributed by atoms with van der Waals surface area (Å²) in [6.45, 7) is 5.67. The zero-order chi connectivity index (χ0) is 12.7. The number of halogens is 1. The molecule has 1 heterocycles. The van der Waals surface area contributed by atoms with E-state index in [-0.39, 0.29) is 0 Å². The molecule has 3 rings (SSSR count). The Hall–Kier alpha value is -0.380. The Kier molecular flexibility index (Phi) is 3.48. The summed E-state index contributed by atoms with van der Waals surface area (Å²) in [5.41, 5.74) is 8.93. The summed E-state index contributed by atoms with van der Waals surface area (Å²) in [6.07, 6.45) is 2.57. The van der Waals surface area contributed by atoms with Crippen molar-refractivity contribution in [2.45, 2.75) is 32.4 Å². The molecule has 0 spiro atoms. The van der Waals surface area contributed by atoms with Crippen LogP contribution >= 0.6 is 15.9 Å². The Morgan fingerprint density at radius 3 is 2.89 bits per heavy atom. The van der Waals surface area contributed by atoms with Gasteiger partial charge in [-0.25, -0.2) is 0 Å². The average molecular weight is 309 g/mol. The van der Waals surface area contributed by atoms with Gasteiger partial charge in [0.15, 0.2) is 0 Å². The van der Waals surface area contributed by atoms with E-state index in [1.807, 2.05) is 0 Å². The monoisotopic (exact) mass is 308 g/mol. The van der Waals surface area contributed by atoms with E-state index in [1.54, 1.807) is 0 Å². The van der Waals surface area contributed by atoms with Crippen LogP contribution in [0.3, 0.4) is 0 Å². The maximum atomic E-state index is 6.19. The molecule has 1 saturated heterocycles. The number of likely N-dealkylation sites (tertiary alicyclic amines) is 1. The van der Waals surface area contributed by atoms with E-state index in [9.17, 15) is 0 Å². The third-order valence-electron chi connectivity index (χ3n) is 4.62. The molecule has 0 bridgehead atoms. The van der Waals surface area contributed by atoms with Gasteiger partial charge in [0, 0.05) is 30.1 Å². The predicted octanol–water partition coefficient (Wildman–Crippen LogP) is 2.93. The first kappa shape index (κ1) is 12.6. The Bertz CT molecular complexity index is 446. The molecule has 18 heavy (non-hydrogen) atoms. The second-order valence-corrected chi connectivity index (χ2v) is 6.80. The molecule has 0 radical (unpaired) electrons. The molecule has 98 valence electrons. The number of fused-ring (bicyclic) bond motifs is 1. The predicted molar refractivity (Wildman–Crippen MR) is 78.3 cm³/mol. The van der Waals surface area contributed by atoms with E-state index in [0.29, 0.717) is 6.04 Å². The molecule has 3 heteroatoms. The van der Waals surface area contributed by atoms with E-state index < -0.39 is 0 Å². The third-order valence-corrected chi connectivity index (χ3v) is 5.51. The Morgan fingerprint density at radius 1 is 1.33 bits per heavy atom. The summed E-state index contributed by atoms with van der Waals surface area (Å²) < 4.78 is 1.20. The van der Waals surface area contributed by atoms with Crippen LogP contribution in [0.5, 0.6) is 0 Å². The number of benzene rings is 1. The SMILES string of the molecule is Cc1cc(CN2CC3CCC(N)C3C2)ccc1Br. The molecule has 3 atom stereocenters. The molecule has 1 saturated carbocycles. The van der Waals surface area contributed by atoms with Crippen LogP contribution in [0, 0.1) is 18.8 Å². The van der Waals surface area contributed by atoms with Gasteiger partial charge in [-0.1, -0.05) is 28.1 Å². The fourth-order valence-corrected chi connectivity index (χ4v) is 3.84. The number of hydrogen-bond donors (Lipinski definition) is 1. The molecule has 2 N–H and O–H groups in total. The number of nitrogens with two attached hydrogens (primary N) is 1. The van der Waals surface area contributed by atoms with E-state index >= 15 is 0 Å². The highest BCUT2D eigenvalue weighted by molar-refractivity contribution is 9.10. The van der Waals surface area contributed by atoms with Gasteiger partial charge in [0.25, 0.3) is 0 Å². The van der Waals surface area contributed by atoms with Crippen molar-refractivity contribution in [3.63, 3.8) is 0 Å². The van der Waals surface area contributed by atoms with E-state index in [1.165, 1.54) is 41.5 Å². The molecule has 1 aliphatic carbocycles. The van der Waals surface area contributed by atoms with Crippen molar-refractivity contribution in [1.29, 1.82) is 0 Å². The summed E-state index contributed by atoms with van der Waals surface area (Å²) in [4.78, 5) is 2.58. The maximum Gasteiger partial charge on any atom is 0.0234 e. The average Bonchev–Trinajstić information content (AvgIpc) is 2.87. The van der Waals surface area contributed by atoms with Gasteiger partial charge in [-0.15, -0.1) is 0 Å². The van der Waals surface area contributed by atoms with Gasteiger partial charge in [-0.3, -0.25) is 4.90 Å². The van der Waals surface area contributed by atoms with Gasteiger partial charge in [0.05, 0.1) is 0 Å². The van der Waals surface area contributed by atoms with Crippen LogP contribution in [0.15, 0.2) is 22.7 Å². The van der Waals surface area contributed by atoms with E-state index in [0.717, 1.165) is 18.4 Å². The van der Waals surface area contributed by atoms with Crippen LogP contribution in [-0.2, 0) is 6.54 Å². The topological polar surface area (TPSA) is 29.3 Å². The Morgan fingerprint density at radius 2 is 2.17 bits per heavy atom. The van der Waals surface area contributed by atoms with Crippen molar-refractivity contribution in [3.8, 4) is 0 Å². The first-order chi connectivity index (χ1) is 8.63. The van der Waals surface area contributed by atoms with Crippen LogP contribution in [-0.4, -0.2) is 24.0 Å². The molecule has 1 aromatic rings. The molecule has 1 aromatic carbocycles. The van der Waals surface area contributed by atoms with Crippen molar-refractivity contribution in [1.82, 2.24) is 4.90 Å². The van der Waals surface area contributed by atoms with Gasteiger partial charge in [0.1, 0.15) is 0 Å². The first-order valence-electron chi connectivity index (χ1n) is 6.86. The number of aryl methyl sites for hydroxylation is 1. The molecule has 2 fully saturated rings. The van der Waals surface area contributed by atoms with Gasteiger partial charge >= 0.3 is 0 Å². The van der Waals surface area contributed by atoms with Crippen LogP contribution in [0.1, 0.15) is 24.0 Å². The molecule has 1 aliphatic heterocycles. The third kappa shape index (κ3) is 2.36. The van der Waals surface area contributed by atoms with E-state index in [4.69, 9.17) is 5.73 Å². The minimum atomic E-state index is 0.451. The van der Waals surface area contributed by atoms with Crippen molar-refractivity contribution in [3.05, 3.63) is 33.8 Å². The van der Waals surface area contributed by atoms with Crippen LogP contribution in [0.25, 0.3) is 0 Å². The number of hydrogen-bond acceptors (Lipinski definition) is 2. The van der Waals surface area contributed by atoms with Crippen LogP contribution in [0.2, 0.25) is 0 Å². The minimum absolute atomic E-state index is 0.451. The molecular weight excluding hydrogens is 288 g/mol. The molecule has 3 unspecified atom stereocenters. The Balaban J connectivity index is 1.66. The standard InChI is InChI=1S/C15H21BrN2/c1-10-6-11(2-4-14(10)16)7-18-8-12-3-5-15(17)13(12)9-18/h2,4,6,12-13,15H,3,5,7-9,17H2,1H3. The fourth-order valence-electron chi connectivity index (χ4n) is 3.59. The van der Waals surface area contributed by atoms with Gasteiger partial charge in [-0.2, -0.15) is 0 Å². The zero-order valence-electron chi connectivity index (χ0n) is 10.9. The van der Waals surface area contributed by atoms with Gasteiger partial charge in [0.2, 0.25) is 0 Å². The van der Waals surface area contributed by atoms with Crippen molar-refractivity contribution in [2.75, 3.05) is 13.1 Å². The highest BCUT2D eigenvalue weighted by atomic mass is 79.9. The summed E-state index contributed by atoms with van der Waals surface area (Å²) in [5, 5.41) is 0. The fraction of sp³-hybridized carbons (Fsp3) is 0.600. The largest absolute Gasteiger partial charge is 0.327 e. The van der Waals surface area contributed by atoms with Crippen LogP contribution < -0.4 is 5.73 Å². The highest BCUT2D eigenvalue weighted by Gasteiger charge is 2.40. The maximum absolute atomic E-state index is 6.19. The first-order valence-corrected chi connectivity index (χ1v) is 7.66. The van der Waals surface area contributed by atoms with E-state index in [2.05, 4.69) is 46.0 Å². The van der Waals surface area contributed by atoms with Crippen molar-refractivity contribution in [2.24, 2.45) is 17.6 Å². The summed E-state index contributed by atoms with van der Waals surface area (Å²) in [5.74, 6) is 1.61. The lowest BCUT2D eigenvalue weighted by atomic mass is 9.98.